The zero-order valence-corrected chi connectivity index (χ0v) is 15.5. The van der Waals surface area contributed by atoms with Gasteiger partial charge in [-0.25, -0.2) is 9.67 Å². The third kappa shape index (κ3) is 3.59. The monoisotopic (exact) mass is 358 g/mol. The molecule has 1 atom stereocenters. The van der Waals surface area contributed by atoms with Crippen molar-refractivity contribution in [1.82, 2.24) is 19.7 Å². The van der Waals surface area contributed by atoms with Gasteiger partial charge in [-0.2, -0.15) is 5.10 Å². The van der Waals surface area contributed by atoms with Gasteiger partial charge in [-0.1, -0.05) is 13.8 Å². The number of nitrogens with zero attached hydrogens (tertiary/aromatic N) is 4. The molecule has 7 heteroatoms. The average molecular weight is 358 g/mol. The fourth-order valence-corrected chi connectivity index (χ4v) is 3.73. The molecule has 140 valence electrons. The third-order valence-corrected chi connectivity index (χ3v) is 5.27. The van der Waals surface area contributed by atoms with Crippen LogP contribution in [-0.2, 0) is 30.9 Å². The summed E-state index contributed by atoms with van der Waals surface area (Å²) < 4.78 is 12.9. The van der Waals surface area contributed by atoms with Crippen LogP contribution in [-0.4, -0.2) is 38.9 Å². The van der Waals surface area contributed by atoms with Crippen molar-refractivity contribution in [2.45, 2.75) is 64.8 Å². The molecule has 2 aromatic heterocycles. The summed E-state index contributed by atoms with van der Waals surface area (Å²) in [5.74, 6) is 2.02. The van der Waals surface area contributed by atoms with Crippen molar-refractivity contribution in [1.29, 1.82) is 0 Å². The van der Waals surface area contributed by atoms with Crippen LogP contribution in [0, 0.1) is 0 Å². The SMILES string of the molecule is CC(C)c1cnc(CN2CCCC2Cn2nc3c(cc2=O)COCC3)o1. The minimum absolute atomic E-state index is 0.0423. The lowest BCUT2D eigenvalue weighted by Gasteiger charge is -2.24. The highest BCUT2D eigenvalue weighted by Crippen LogP contribution is 2.23. The quantitative estimate of drug-likeness (QED) is 0.815. The summed E-state index contributed by atoms with van der Waals surface area (Å²) in [6.45, 7) is 7.67. The third-order valence-electron chi connectivity index (χ3n) is 5.27. The van der Waals surface area contributed by atoms with Crippen molar-refractivity contribution in [3.63, 3.8) is 0 Å². The first kappa shape index (κ1) is 17.4. The number of hydrogen-bond donors (Lipinski definition) is 0. The van der Waals surface area contributed by atoms with Gasteiger partial charge in [0.1, 0.15) is 5.76 Å². The molecule has 26 heavy (non-hydrogen) atoms. The fourth-order valence-electron chi connectivity index (χ4n) is 3.73. The lowest BCUT2D eigenvalue weighted by Crippen LogP contribution is -2.37. The van der Waals surface area contributed by atoms with Crippen LogP contribution in [0.3, 0.4) is 0 Å². The van der Waals surface area contributed by atoms with Gasteiger partial charge in [0.05, 0.1) is 38.2 Å². The number of rotatable bonds is 5. The number of oxazole rings is 1. The van der Waals surface area contributed by atoms with Crippen LogP contribution in [0.4, 0.5) is 0 Å². The van der Waals surface area contributed by atoms with Gasteiger partial charge in [-0.3, -0.25) is 9.69 Å². The molecule has 0 bridgehead atoms. The van der Waals surface area contributed by atoms with Crippen molar-refractivity contribution in [3.8, 4) is 0 Å². The Morgan fingerprint density at radius 1 is 1.38 bits per heavy atom. The lowest BCUT2D eigenvalue weighted by atomic mass is 10.1. The van der Waals surface area contributed by atoms with Gasteiger partial charge >= 0.3 is 0 Å². The molecule has 1 saturated heterocycles. The van der Waals surface area contributed by atoms with E-state index in [1.54, 1.807) is 10.7 Å². The maximum Gasteiger partial charge on any atom is 0.267 e. The highest BCUT2D eigenvalue weighted by atomic mass is 16.5. The number of fused-ring (bicyclic) bond motifs is 1. The molecule has 2 aliphatic heterocycles. The van der Waals surface area contributed by atoms with Crippen molar-refractivity contribution < 1.29 is 9.15 Å². The van der Waals surface area contributed by atoms with Crippen LogP contribution in [0.2, 0.25) is 0 Å². The Hall–Kier alpha value is -1.99. The van der Waals surface area contributed by atoms with Crippen LogP contribution < -0.4 is 5.56 Å². The Morgan fingerprint density at radius 3 is 3.08 bits per heavy atom. The standard InChI is InChI=1S/C19H26N4O3/c1-13(2)17-9-20-18(26-17)11-22-6-3-4-15(22)10-23-19(24)8-14-12-25-7-5-16(14)21-23/h8-9,13,15H,3-7,10-12H2,1-2H3. The van der Waals surface area contributed by atoms with E-state index < -0.39 is 0 Å². The Bertz CT molecular complexity index is 826. The van der Waals surface area contributed by atoms with E-state index in [0.717, 1.165) is 48.7 Å². The van der Waals surface area contributed by atoms with E-state index in [9.17, 15) is 4.79 Å². The molecule has 0 amide bonds. The first-order valence-electron chi connectivity index (χ1n) is 9.46. The minimum atomic E-state index is -0.0423. The first-order valence-corrected chi connectivity index (χ1v) is 9.46. The van der Waals surface area contributed by atoms with Crippen LogP contribution in [0.15, 0.2) is 21.5 Å². The van der Waals surface area contributed by atoms with Gasteiger partial charge in [0.2, 0.25) is 5.89 Å². The minimum Gasteiger partial charge on any atom is -0.444 e. The summed E-state index contributed by atoms with van der Waals surface area (Å²) in [6.07, 6.45) is 4.78. The van der Waals surface area contributed by atoms with Crippen molar-refractivity contribution in [2.75, 3.05) is 13.2 Å². The number of aromatic nitrogens is 3. The summed E-state index contributed by atoms with van der Waals surface area (Å²) in [6, 6.07) is 1.97. The van der Waals surface area contributed by atoms with E-state index in [0.29, 0.717) is 32.2 Å². The molecule has 4 heterocycles. The van der Waals surface area contributed by atoms with Gasteiger partial charge in [0.25, 0.3) is 5.56 Å². The predicted molar refractivity (Wildman–Crippen MR) is 95.9 cm³/mol. The van der Waals surface area contributed by atoms with Crippen LogP contribution in [0.5, 0.6) is 0 Å². The second kappa shape index (κ2) is 7.32. The van der Waals surface area contributed by atoms with E-state index in [1.165, 1.54) is 0 Å². The average Bonchev–Trinajstić information content (AvgIpc) is 3.26. The van der Waals surface area contributed by atoms with Crippen molar-refractivity contribution in [2.24, 2.45) is 0 Å². The summed E-state index contributed by atoms with van der Waals surface area (Å²) in [5.41, 5.74) is 1.88. The summed E-state index contributed by atoms with van der Waals surface area (Å²) >= 11 is 0. The van der Waals surface area contributed by atoms with E-state index >= 15 is 0 Å². The largest absolute Gasteiger partial charge is 0.444 e. The Labute approximate surface area is 153 Å². The van der Waals surface area contributed by atoms with E-state index in [4.69, 9.17) is 9.15 Å². The molecule has 4 rings (SSSR count). The Balaban J connectivity index is 1.47. The maximum absolute atomic E-state index is 12.4. The smallest absolute Gasteiger partial charge is 0.267 e. The molecule has 0 saturated carbocycles. The highest BCUT2D eigenvalue weighted by Gasteiger charge is 2.27. The molecule has 2 aliphatic rings. The lowest BCUT2D eigenvalue weighted by molar-refractivity contribution is 0.107. The molecule has 0 aromatic carbocycles. The Morgan fingerprint density at radius 2 is 2.27 bits per heavy atom. The Kier molecular flexibility index (Phi) is 4.91. The molecule has 7 nitrogen and oxygen atoms in total. The van der Waals surface area contributed by atoms with E-state index in [-0.39, 0.29) is 11.6 Å². The maximum atomic E-state index is 12.4. The molecule has 0 N–H and O–H groups in total. The van der Waals surface area contributed by atoms with Crippen LogP contribution >= 0.6 is 0 Å². The second-order valence-corrected chi connectivity index (χ2v) is 7.52. The predicted octanol–water partition coefficient (Wildman–Crippen LogP) is 2.09. The molecule has 2 aromatic rings. The molecule has 1 fully saturated rings. The molecule has 1 unspecified atom stereocenters. The molecule has 0 spiro atoms. The molecule has 0 radical (unpaired) electrons. The summed E-state index contributed by atoms with van der Waals surface area (Å²) in [4.78, 5) is 19.2. The van der Waals surface area contributed by atoms with Gasteiger partial charge < -0.3 is 9.15 Å². The highest BCUT2D eigenvalue weighted by molar-refractivity contribution is 5.18. The molecule has 0 aliphatic carbocycles. The normalized spacial score (nSPS) is 20.7. The topological polar surface area (TPSA) is 73.4 Å². The number of ether oxygens (including phenoxy) is 1. The summed E-state index contributed by atoms with van der Waals surface area (Å²) in [7, 11) is 0. The van der Waals surface area contributed by atoms with Gasteiger partial charge in [0.15, 0.2) is 0 Å². The fraction of sp³-hybridized carbons (Fsp3) is 0.632. The molecular formula is C19H26N4O3. The molecular weight excluding hydrogens is 332 g/mol. The van der Waals surface area contributed by atoms with Gasteiger partial charge in [-0.15, -0.1) is 0 Å². The van der Waals surface area contributed by atoms with Crippen LogP contribution in [0.25, 0.3) is 0 Å². The van der Waals surface area contributed by atoms with Crippen LogP contribution in [0.1, 0.15) is 55.5 Å². The van der Waals surface area contributed by atoms with Crippen molar-refractivity contribution in [3.05, 3.63) is 45.5 Å². The second-order valence-electron chi connectivity index (χ2n) is 7.52. The van der Waals surface area contributed by atoms with Crippen molar-refractivity contribution >= 4 is 0 Å². The summed E-state index contributed by atoms with van der Waals surface area (Å²) in [5, 5.41) is 4.60. The first-order chi connectivity index (χ1) is 12.6. The number of likely N-dealkylation sites (tertiary alicyclic amines) is 1. The van der Waals surface area contributed by atoms with Gasteiger partial charge in [-0.05, 0) is 19.4 Å². The zero-order chi connectivity index (χ0) is 18.1. The van der Waals surface area contributed by atoms with Gasteiger partial charge in [0, 0.05) is 30.0 Å². The van der Waals surface area contributed by atoms with E-state index in [2.05, 4.69) is 28.8 Å². The number of hydrogen-bond acceptors (Lipinski definition) is 6. The zero-order valence-electron chi connectivity index (χ0n) is 15.5. The van der Waals surface area contributed by atoms with E-state index in [1.807, 2.05) is 6.20 Å².